The standard InChI is InChI=1S/C71H29F3N12/c72-71(73,74)63-3-1-2-48(34-79)70(63)49-28-68(85-64-16-8-44(54-12-4-40(30-75)20-50(54)35-80)24-58(64)59-25-45(9-17-65(59)85)55-13-5-41(31-76)21-51(55)36-81)62(39-84)69(29-49)86-66-18-10-46(56-14-6-42(32-77)22-52(56)37-82)26-60(66)61-27-47(11-19-67(61)86)57-15-7-43(33-78)23-53(57)38-83/h1-29H. The topological polar surface area (TPSA) is 248 Å². The van der Waals surface area contributed by atoms with Crippen molar-refractivity contribution in [2.24, 2.45) is 0 Å². The lowest BCUT2D eigenvalue weighted by Gasteiger charge is -2.21. The van der Waals surface area contributed by atoms with Gasteiger partial charge in [-0.25, -0.2) is 0 Å². The molecule has 10 aromatic carbocycles. The van der Waals surface area contributed by atoms with Crippen molar-refractivity contribution in [1.82, 2.24) is 9.13 Å². The van der Waals surface area contributed by atoms with E-state index >= 15 is 13.2 Å². The van der Waals surface area contributed by atoms with Gasteiger partial charge < -0.3 is 9.13 Å². The van der Waals surface area contributed by atoms with Gasteiger partial charge in [0.25, 0.3) is 0 Å². The first-order valence-corrected chi connectivity index (χ1v) is 25.9. The largest absolute Gasteiger partial charge is 0.417 e. The van der Waals surface area contributed by atoms with E-state index in [-0.39, 0.29) is 72.6 Å². The number of fused-ring (bicyclic) bond motifs is 6. The maximum absolute atomic E-state index is 15.6. The maximum atomic E-state index is 15.6. The second kappa shape index (κ2) is 20.9. The van der Waals surface area contributed by atoms with E-state index in [1.807, 2.05) is 30.3 Å². The van der Waals surface area contributed by atoms with Crippen molar-refractivity contribution >= 4 is 43.6 Å². The van der Waals surface area contributed by atoms with E-state index in [1.54, 1.807) is 106 Å². The zero-order chi connectivity index (χ0) is 60.1. The molecule has 12 rings (SSSR count). The minimum Gasteiger partial charge on any atom is -0.308 e. The van der Waals surface area contributed by atoms with E-state index in [2.05, 4.69) is 54.6 Å². The number of hydrogen-bond acceptors (Lipinski definition) is 10. The van der Waals surface area contributed by atoms with Gasteiger partial charge in [0, 0.05) is 27.1 Å². The number of alkyl halides is 3. The van der Waals surface area contributed by atoms with Crippen LogP contribution in [0.15, 0.2) is 176 Å². The first-order valence-electron chi connectivity index (χ1n) is 25.9. The number of benzene rings is 10. The Morgan fingerprint density at radius 1 is 0.291 bits per heavy atom. The summed E-state index contributed by atoms with van der Waals surface area (Å²) in [5.41, 5.74) is 5.99. The molecule has 0 saturated heterocycles. The number of halogens is 3. The first kappa shape index (κ1) is 53.1. The van der Waals surface area contributed by atoms with Crippen LogP contribution >= 0.6 is 0 Å². The van der Waals surface area contributed by atoms with Gasteiger partial charge in [-0.2, -0.15) is 65.8 Å². The van der Waals surface area contributed by atoms with Crippen molar-refractivity contribution < 1.29 is 13.2 Å². The van der Waals surface area contributed by atoms with Crippen molar-refractivity contribution in [3.8, 4) is 128 Å². The average Bonchev–Trinajstić information content (AvgIpc) is 1.58. The van der Waals surface area contributed by atoms with Crippen molar-refractivity contribution in [3.63, 3.8) is 0 Å². The summed E-state index contributed by atoms with van der Waals surface area (Å²) in [7, 11) is 0. The van der Waals surface area contributed by atoms with Crippen LogP contribution in [0.4, 0.5) is 13.2 Å². The Labute approximate surface area is 487 Å². The Morgan fingerprint density at radius 3 is 0.872 bits per heavy atom. The van der Waals surface area contributed by atoms with Crippen LogP contribution in [0.25, 0.3) is 111 Å². The fourth-order valence-electron chi connectivity index (χ4n) is 11.5. The molecular formula is C71H29F3N12. The molecule has 0 unspecified atom stereocenters. The van der Waals surface area contributed by atoms with Gasteiger partial charge >= 0.3 is 6.18 Å². The van der Waals surface area contributed by atoms with E-state index in [0.717, 1.165) is 12.1 Å². The highest BCUT2D eigenvalue weighted by molar-refractivity contribution is 6.14. The van der Waals surface area contributed by atoms with Gasteiger partial charge in [-0.1, -0.05) is 54.6 Å². The molecule has 0 saturated carbocycles. The van der Waals surface area contributed by atoms with Crippen molar-refractivity contribution in [2.45, 2.75) is 6.18 Å². The van der Waals surface area contributed by atoms with E-state index < -0.39 is 17.3 Å². The SMILES string of the molecule is N#Cc1ccc(-c2ccc3c(c2)c2cc(-c4ccc(C#N)cc4C#N)ccc2n3-c2cc(-c3c(C#N)cccc3C(F)(F)F)cc(-n3c4ccc(-c5ccc(C#N)cc5C#N)cc4c4cc(-c5ccc(C#N)cc5C#N)ccc43)c2C#N)c(C#N)c1. The summed E-state index contributed by atoms with van der Waals surface area (Å²) in [6, 6.07) is 67.8. The lowest BCUT2D eigenvalue weighted by Crippen LogP contribution is -2.10. The van der Waals surface area contributed by atoms with Crippen LogP contribution in [0.1, 0.15) is 61.2 Å². The Bertz CT molecular complexity index is 4930. The van der Waals surface area contributed by atoms with Gasteiger partial charge in [-0.3, -0.25) is 0 Å². The second-order valence-electron chi connectivity index (χ2n) is 19.9. The van der Waals surface area contributed by atoms with Gasteiger partial charge in [0.05, 0.1) is 144 Å². The monoisotopic (exact) mass is 1110 g/mol. The molecule has 0 aliphatic heterocycles. The Kier molecular flexibility index (Phi) is 12.9. The summed E-state index contributed by atoms with van der Waals surface area (Å²) in [6.07, 6.45) is -4.99. The van der Waals surface area contributed by atoms with Crippen LogP contribution in [-0.2, 0) is 6.18 Å². The normalized spacial score (nSPS) is 10.8. The lowest BCUT2D eigenvalue weighted by molar-refractivity contribution is -0.137. The summed E-state index contributed by atoms with van der Waals surface area (Å²) in [4.78, 5) is 0. The zero-order valence-corrected chi connectivity index (χ0v) is 44.2. The number of nitriles is 10. The molecule has 2 aromatic heterocycles. The molecule has 15 heteroatoms. The van der Waals surface area contributed by atoms with Gasteiger partial charge in [-0.05, 0) is 171 Å². The second-order valence-corrected chi connectivity index (χ2v) is 19.9. The van der Waals surface area contributed by atoms with Gasteiger partial charge in [0.15, 0.2) is 0 Å². The molecule has 0 aliphatic rings. The Hall–Kier alpha value is -13.5. The molecule has 394 valence electrons. The molecular weight excluding hydrogens is 1080 g/mol. The van der Waals surface area contributed by atoms with Crippen LogP contribution in [0, 0.1) is 113 Å². The molecule has 12 nitrogen and oxygen atoms in total. The fourth-order valence-corrected chi connectivity index (χ4v) is 11.5. The van der Waals surface area contributed by atoms with Crippen LogP contribution < -0.4 is 0 Å². The molecule has 0 N–H and O–H groups in total. The molecule has 0 bridgehead atoms. The van der Waals surface area contributed by atoms with Gasteiger partial charge in [0.2, 0.25) is 0 Å². The molecule has 2 heterocycles. The number of rotatable bonds is 7. The quantitative estimate of drug-likeness (QED) is 0.146. The summed E-state index contributed by atoms with van der Waals surface area (Å²) >= 11 is 0. The predicted molar refractivity (Wildman–Crippen MR) is 314 cm³/mol. The molecule has 0 radical (unpaired) electrons. The number of hydrogen-bond donors (Lipinski definition) is 0. The zero-order valence-electron chi connectivity index (χ0n) is 44.2. The molecule has 86 heavy (non-hydrogen) atoms. The van der Waals surface area contributed by atoms with Crippen molar-refractivity contribution in [3.05, 3.63) is 237 Å². The smallest absolute Gasteiger partial charge is 0.308 e. The highest BCUT2D eigenvalue weighted by Crippen LogP contribution is 2.47. The van der Waals surface area contributed by atoms with Crippen LogP contribution in [-0.4, -0.2) is 9.13 Å². The van der Waals surface area contributed by atoms with Crippen molar-refractivity contribution in [1.29, 1.82) is 52.6 Å². The summed E-state index contributed by atoms with van der Waals surface area (Å²) in [6.45, 7) is 0. The molecule has 0 fully saturated rings. The number of aromatic nitrogens is 2. The van der Waals surface area contributed by atoms with E-state index in [0.29, 0.717) is 88.1 Å². The molecule has 0 aliphatic carbocycles. The van der Waals surface area contributed by atoms with E-state index in [4.69, 9.17) is 0 Å². The number of nitrogens with zero attached hydrogens (tertiary/aromatic N) is 12. The average molecular weight is 1110 g/mol. The van der Waals surface area contributed by atoms with Crippen LogP contribution in [0.3, 0.4) is 0 Å². The minimum atomic E-state index is -4.99. The maximum Gasteiger partial charge on any atom is 0.417 e. The Balaban J connectivity index is 1.23. The van der Waals surface area contributed by atoms with E-state index in [9.17, 15) is 52.6 Å². The van der Waals surface area contributed by atoms with Gasteiger partial charge in [0.1, 0.15) is 11.6 Å². The summed E-state index contributed by atoms with van der Waals surface area (Å²) in [5.74, 6) is 0. The lowest BCUT2D eigenvalue weighted by atomic mass is 9.92. The van der Waals surface area contributed by atoms with Crippen molar-refractivity contribution in [2.75, 3.05) is 0 Å². The molecule has 12 aromatic rings. The van der Waals surface area contributed by atoms with Crippen LogP contribution in [0.2, 0.25) is 0 Å². The predicted octanol–water partition coefficient (Wildman–Crippen LogP) is 16.0. The molecule has 0 amide bonds. The minimum absolute atomic E-state index is 0.0360. The Morgan fingerprint density at radius 2 is 0.605 bits per heavy atom. The third-order valence-corrected chi connectivity index (χ3v) is 15.3. The van der Waals surface area contributed by atoms with E-state index in [1.165, 1.54) is 42.5 Å². The highest BCUT2D eigenvalue weighted by atomic mass is 19.4. The molecule has 0 atom stereocenters. The molecule has 0 spiro atoms. The third kappa shape index (κ3) is 8.64. The highest BCUT2D eigenvalue weighted by Gasteiger charge is 2.36. The first-order chi connectivity index (χ1) is 41.8. The third-order valence-electron chi connectivity index (χ3n) is 15.3. The van der Waals surface area contributed by atoms with Crippen LogP contribution in [0.5, 0.6) is 0 Å². The fraction of sp³-hybridized carbons (Fsp3) is 0.0141. The van der Waals surface area contributed by atoms with Gasteiger partial charge in [-0.15, -0.1) is 0 Å². The summed E-state index contributed by atoms with van der Waals surface area (Å²) in [5, 5.41) is 105. The summed E-state index contributed by atoms with van der Waals surface area (Å²) < 4.78 is 50.2.